The molecule has 0 fully saturated rings. The summed E-state index contributed by atoms with van der Waals surface area (Å²) >= 11 is 0. The summed E-state index contributed by atoms with van der Waals surface area (Å²) in [6, 6.07) is 23.1. The van der Waals surface area contributed by atoms with Gasteiger partial charge in [0.05, 0.1) is 19.9 Å². The lowest BCUT2D eigenvalue weighted by Gasteiger charge is -2.10. The highest BCUT2D eigenvalue weighted by atomic mass is 16.5. The molecule has 1 aromatic heterocycles. The molecule has 3 aromatic carbocycles. The number of benzene rings is 3. The summed E-state index contributed by atoms with van der Waals surface area (Å²) in [5.41, 5.74) is 1.58. The van der Waals surface area contributed by atoms with Crippen LogP contribution in [0.25, 0.3) is 0 Å². The zero-order chi connectivity index (χ0) is 24.6. The standard InChI is InChI=1S/C27H23NO7/c1-31-21-4-3-5-22(15-21)34-20-9-7-19(8-10-20)28-16-18-6-12-24(26(14-18)32-2)33-17-23-11-13-25(35-23)27(29)30/h3-16H,17H2,1-2H3,(H,29,30). The second-order valence-corrected chi connectivity index (χ2v) is 7.30. The molecule has 0 amide bonds. The molecule has 35 heavy (non-hydrogen) atoms. The van der Waals surface area contributed by atoms with Crippen molar-refractivity contribution in [3.8, 4) is 28.7 Å². The summed E-state index contributed by atoms with van der Waals surface area (Å²) in [6.45, 7) is 0.0707. The zero-order valence-electron chi connectivity index (χ0n) is 19.1. The number of rotatable bonds is 10. The Labute approximate surface area is 202 Å². The van der Waals surface area contributed by atoms with E-state index >= 15 is 0 Å². The third-order valence-electron chi connectivity index (χ3n) is 4.91. The summed E-state index contributed by atoms with van der Waals surface area (Å²) in [5, 5.41) is 8.94. The molecule has 4 aromatic rings. The summed E-state index contributed by atoms with van der Waals surface area (Å²) in [7, 11) is 3.15. The molecule has 0 atom stereocenters. The van der Waals surface area contributed by atoms with E-state index in [2.05, 4.69) is 4.99 Å². The van der Waals surface area contributed by atoms with Crippen LogP contribution in [0.1, 0.15) is 21.9 Å². The second kappa shape index (κ2) is 10.9. The summed E-state index contributed by atoms with van der Waals surface area (Å²) in [5.74, 6) is 2.24. The van der Waals surface area contributed by atoms with Crippen LogP contribution in [0.3, 0.4) is 0 Å². The first-order chi connectivity index (χ1) is 17.0. The van der Waals surface area contributed by atoms with Crippen LogP contribution in [-0.4, -0.2) is 31.5 Å². The molecule has 0 unspecified atom stereocenters. The molecule has 8 heteroatoms. The quantitative estimate of drug-likeness (QED) is 0.277. The highest BCUT2D eigenvalue weighted by molar-refractivity contribution is 5.84. The van der Waals surface area contributed by atoms with Crippen molar-refractivity contribution in [2.45, 2.75) is 6.61 Å². The first-order valence-corrected chi connectivity index (χ1v) is 10.6. The Hall–Kier alpha value is -4.72. The van der Waals surface area contributed by atoms with Gasteiger partial charge >= 0.3 is 5.97 Å². The number of hydrogen-bond acceptors (Lipinski definition) is 7. The highest BCUT2D eigenvalue weighted by Gasteiger charge is 2.11. The van der Waals surface area contributed by atoms with Gasteiger partial charge in [0.15, 0.2) is 11.5 Å². The van der Waals surface area contributed by atoms with Crippen LogP contribution in [0.4, 0.5) is 5.69 Å². The van der Waals surface area contributed by atoms with Crippen molar-refractivity contribution in [3.63, 3.8) is 0 Å². The average Bonchev–Trinajstić information content (AvgIpc) is 3.37. The lowest BCUT2D eigenvalue weighted by Crippen LogP contribution is -1.98. The first-order valence-electron chi connectivity index (χ1n) is 10.6. The van der Waals surface area contributed by atoms with Crippen molar-refractivity contribution in [1.29, 1.82) is 0 Å². The summed E-state index contributed by atoms with van der Waals surface area (Å²) < 4.78 is 27.4. The largest absolute Gasteiger partial charge is 0.497 e. The van der Waals surface area contributed by atoms with Crippen molar-refractivity contribution in [2.24, 2.45) is 4.99 Å². The van der Waals surface area contributed by atoms with Gasteiger partial charge in [-0.25, -0.2) is 4.79 Å². The Morgan fingerprint density at radius 3 is 2.40 bits per heavy atom. The van der Waals surface area contributed by atoms with Crippen LogP contribution in [0, 0.1) is 0 Å². The number of aliphatic imine (C=N–C) groups is 1. The molecule has 0 saturated carbocycles. The molecule has 0 radical (unpaired) electrons. The molecule has 0 aliphatic carbocycles. The van der Waals surface area contributed by atoms with Gasteiger partial charge < -0.3 is 28.5 Å². The molecule has 8 nitrogen and oxygen atoms in total. The molecule has 0 saturated heterocycles. The number of furan rings is 1. The third kappa shape index (κ3) is 6.20. The minimum absolute atomic E-state index is 0.0707. The molecular formula is C27H23NO7. The average molecular weight is 473 g/mol. The molecule has 1 heterocycles. The van der Waals surface area contributed by atoms with Crippen LogP contribution < -0.4 is 18.9 Å². The van der Waals surface area contributed by atoms with Crippen LogP contribution in [0.5, 0.6) is 28.7 Å². The van der Waals surface area contributed by atoms with E-state index in [0.717, 1.165) is 17.0 Å². The second-order valence-electron chi connectivity index (χ2n) is 7.30. The minimum atomic E-state index is -1.13. The van der Waals surface area contributed by atoms with Crippen LogP contribution >= 0.6 is 0 Å². The molecule has 4 rings (SSSR count). The minimum Gasteiger partial charge on any atom is -0.497 e. The number of carbonyl (C=O) groups is 1. The van der Waals surface area contributed by atoms with Crippen LogP contribution in [-0.2, 0) is 6.61 Å². The molecule has 0 bridgehead atoms. The topological polar surface area (TPSA) is 99.7 Å². The number of carboxylic acid groups (broad SMARTS) is 1. The van der Waals surface area contributed by atoms with Gasteiger partial charge in [-0.15, -0.1) is 0 Å². The highest BCUT2D eigenvalue weighted by Crippen LogP contribution is 2.30. The maximum absolute atomic E-state index is 10.9. The maximum Gasteiger partial charge on any atom is 0.371 e. The van der Waals surface area contributed by atoms with Gasteiger partial charge in [-0.2, -0.15) is 0 Å². The Kier molecular flexibility index (Phi) is 7.32. The van der Waals surface area contributed by atoms with Crippen molar-refractivity contribution in [3.05, 3.63) is 95.9 Å². The van der Waals surface area contributed by atoms with Gasteiger partial charge in [0.1, 0.15) is 29.6 Å². The number of aromatic carboxylic acids is 1. The molecule has 178 valence electrons. The fourth-order valence-corrected chi connectivity index (χ4v) is 3.15. The number of carboxylic acids is 1. The Morgan fingerprint density at radius 1 is 0.886 bits per heavy atom. The Balaban J connectivity index is 1.38. The predicted octanol–water partition coefficient (Wildman–Crippen LogP) is 6.12. The molecule has 0 aliphatic rings. The van der Waals surface area contributed by atoms with Crippen molar-refractivity contribution < 1.29 is 33.3 Å². The number of nitrogens with zero attached hydrogens (tertiary/aromatic N) is 1. The van der Waals surface area contributed by atoms with Gasteiger partial charge in [-0.1, -0.05) is 6.07 Å². The molecular weight excluding hydrogens is 450 g/mol. The van der Waals surface area contributed by atoms with E-state index in [4.69, 9.17) is 28.5 Å². The van der Waals surface area contributed by atoms with E-state index in [1.807, 2.05) is 54.6 Å². The molecule has 1 N–H and O–H groups in total. The lowest BCUT2D eigenvalue weighted by molar-refractivity contribution is 0.0658. The van der Waals surface area contributed by atoms with E-state index in [9.17, 15) is 4.79 Å². The maximum atomic E-state index is 10.9. The van der Waals surface area contributed by atoms with Gasteiger partial charge in [0, 0.05) is 12.3 Å². The van der Waals surface area contributed by atoms with Gasteiger partial charge in [0.2, 0.25) is 5.76 Å². The van der Waals surface area contributed by atoms with E-state index in [-0.39, 0.29) is 12.4 Å². The smallest absolute Gasteiger partial charge is 0.371 e. The van der Waals surface area contributed by atoms with Crippen LogP contribution in [0.2, 0.25) is 0 Å². The van der Waals surface area contributed by atoms with Gasteiger partial charge in [0.25, 0.3) is 0 Å². The van der Waals surface area contributed by atoms with E-state index < -0.39 is 5.97 Å². The lowest BCUT2D eigenvalue weighted by atomic mass is 10.2. The van der Waals surface area contributed by atoms with Crippen molar-refractivity contribution >= 4 is 17.9 Å². The normalized spacial score (nSPS) is 10.8. The monoisotopic (exact) mass is 473 g/mol. The van der Waals surface area contributed by atoms with E-state index in [1.165, 1.54) is 6.07 Å². The van der Waals surface area contributed by atoms with E-state index in [0.29, 0.717) is 28.8 Å². The fourth-order valence-electron chi connectivity index (χ4n) is 3.15. The zero-order valence-corrected chi connectivity index (χ0v) is 19.1. The summed E-state index contributed by atoms with van der Waals surface area (Å²) in [4.78, 5) is 15.4. The number of methoxy groups -OCH3 is 2. The third-order valence-corrected chi connectivity index (χ3v) is 4.91. The van der Waals surface area contributed by atoms with Crippen LogP contribution in [0.15, 0.2) is 88.3 Å². The van der Waals surface area contributed by atoms with Crippen molar-refractivity contribution in [2.75, 3.05) is 14.2 Å². The van der Waals surface area contributed by atoms with Gasteiger partial charge in [-0.3, -0.25) is 4.99 Å². The molecule has 0 spiro atoms. The SMILES string of the molecule is COc1cccc(Oc2ccc(N=Cc3ccc(OCc4ccc(C(=O)O)o4)c(OC)c3)cc2)c1. The predicted molar refractivity (Wildman–Crippen MR) is 130 cm³/mol. The number of hydrogen-bond donors (Lipinski definition) is 1. The summed E-state index contributed by atoms with van der Waals surface area (Å²) in [6.07, 6.45) is 1.72. The Bertz CT molecular complexity index is 1330. The Morgan fingerprint density at radius 2 is 1.69 bits per heavy atom. The van der Waals surface area contributed by atoms with Gasteiger partial charge in [-0.05, 0) is 72.3 Å². The fraction of sp³-hybridized carbons (Fsp3) is 0.111. The molecule has 0 aliphatic heterocycles. The van der Waals surface area contributed by atoms with Crippen molar-refractivity contribution in [1.82, 2.24) is 0 Å². The first kappa shape index (κ1) is 23.4. The van der Waals surface area contributed by atoms with E-state index in [1.54, 1.807) is 38.6 Å². The number of ether oxygens (including phenoxy) is 4.